The van der Waals surface area contributed by atoms with Gasteiger partial charge in [-0.25, -0.2) is 0 Å². The molecule has 1 saturated carbocycles. The molecular weight excluding hydrogens is 287 g/mol. The third-order valence-electron chi connectivity index (χ3n) is 3.26. The molecule has 1 unspecified atom stereocenters. The number of carbonyl (C=O) groups excluding carboxylic acids is 1. The Balaban J connectivity index is 2.05. The molecule has 1 aromatic carbocycles. The first kappa shape index (κ1) is 14.2. The van der Waals surface area contributed by atoms with Crippen molar-refractivity contribution in [3.8, 4) is 0 Å². The van der Waals surface area contributed by atoms with Crippen molar-refractivity contribution in [2.24, 2.45) is 0 Å². The Morgan fingerprint density at radius 2 is 2.00 bits per heavy atom. The molecule has 1 atom stereocenters. The number of thioether (sulfide) groups is 1. The van der Waals surface area contributed by atoms with E-state index in [1.54, 1.807) is 30.0 Å². The summed E-state index contributed by atoms with van der Waals surface area (Å²) in [4.78, 5) is 12.3. The van der Waals surface area contributed by atoms with Crippen molar-refractivity contribution in [2.45, 2.75) is 43.1 Å². The highest BCUT2D eigenvalue weighted by molar-refractivity contribution is 8.01. The molecule has 1 aliphatic carbocycles. The number of hydrogen-bond acceptors (Lipinski definition) is 2. The lowest BCUT2D eigenvalue weighted by atomic mass is 10.1. The van der Waals surface area contributed by atoms with E-state index in [1.807, 2.05) is 6.92 Å². The summed E-state index contributed by atoms with van der Waals surface area (Å²) in [5, 5.41) is 1.61. The molecule has 0 aliphatic heterocycles. The normalized spacial score (nSPS) is 17.9. The predicted octanol–water partition coefficient (Wildman–Crippen LogP) is 5.24. The molecule has 0 heterocycles. The summed E-state index contributed by atoms with van der Waals surface area (Å²) in [5.41, 5.74) is 0.582. The molecule has 1 fully saturated rings. The van der Waals surface area contributed by atoms with E-state index in [2.05, 4.69) is 0 Å². The minimum atomic E-state index is -0.0354. The van der Waals surface area contributed by atoms with Gasteiger partial charge in [0.2, 0.25) is 0 Å². The van der Waals surface area contributed by atoms with Gasteiger partial charge >= 0.3 is 0 Å². The Morgan fingerprint density at radius 1 is 1.33 bits per heavy atom. The van der Waals surface area contributed by atoms with E-state index >= 15 is 0 Å². The summed E-state index contributed by atoms with van der Waals surface area (Å²) in [6, 6.07) is 5.07. The minimum Gasteiger partial charge on any atom is -0.293 e. The number of ketones is 1. The Bertz CT molecular complexity index is 441. The maximum absolute atomic E-state index is 12.3. The molecule has 1 aromatic rings. The van der Waals surface area contributed by atoms with Crippen molar-refractivity contribution in [3.63, 3.8) is 0 Å². The van der Waals surface area contributed by atoms with Crippen LogP contribution in [0.15, 0.2) is 18.2 Å². The van der Waals surface area contributed by atoms with Crippen LogP contribution in [0.3, 0.4) is 0 Å². The topological polar surface area (TPSA) is 17.1 Å². The van der Waals surface area contributed by atoms with Crippen LogP contribution in [0, 0.1) is 0 Å². The molecule has 0 bridgehead atoms. The Morgan fingerprint density at radius 3 is 2.61 bits per heavy atom. The highest BCUT2D eigenvalue weighted by Crippen LogP contribution is 2.34. The van der Waals surface area contributed by atoms with Crippen LogP contribution in [0.25, 0.3) is 0 Å². The van der Waals surface area contributed by atoms with Crippen LogP contribution >= 0.6 is 35.0 Å². The molecule has 0 N–H and O–H groups in total. The molecule has 2 rings (SSSR count). The summed E-state index contributed by atoms with van der Waals surface area (Å²) >= 11 is 13.7. The van der Waals surface area contributed by atoms with E-state index < -0.39 is 0 Å². The van der Waals surface area contributed by atoms with Gasteiger partial charge in [0.15, 0.2) is 5.78 Å². The Labute approximate surface area is 122 Å². The molecule has 0 amide bonds. The van der Waals surface area contributed by atoms with Gasteiger partial charge < -0.3 is 0 Å². The largest absolute Gasteiger partial charge is 0.293 e. The number of benzene rings is 1. The van der Waals surface area contributed by atoms with Gasteiger partial charge in [-0.3, -0.25) is 4.79 Å². The lowest BCUT2D eigenvalue weighted by molar-refractivity contribution is 0.0994. The summed E-state index contributed by atoms with van der Waals surface area (Å²) in [7, 11) is 0. The van der Waals surface area contributed by atoms with Gasteiger partial charge in [0, 0.05) is 15.8 Å². The highest BCUT2D eigenvalue weighted by Gasteiger charge is 2.24. The summed E-state index contributed by atoms with van der Waals surface area (Å²) in [6.07, 6.45) is 5.05. The first-order valence-corrected chi connectivity index (χ1v) is 7.92. The zero-order valence-corrected chi connectivity index (χ0v) is 12.6. The average Bonchev–Trinajstić information content (AvgIpc) is 2.81. The summed E-state index contributed by atoms with van der Waals surface area (Å²) < 4.78 is 0. The van der Waals surface area contributed by atoms with E-state index in [4.69, 9.17) is 23.2 Å². The second-order valence-electron chi connectivity index (χ2n) is 4.67. The molecule has 0 aromatic heterocycles. The second kappa shape index (κ2) is 6.31. The van der Waals surface area contributed by atoms with E-state index in [0.29, 0.717) is 20.9 Å². The fraction of sp³-hybridized carbons (Fsp3) is 0.500. The standard InChI is InChI=1S/C14H16Cl2OS/c1-9(18-11-4-2-3-5-11)14(17)12-7-6-10(15)8-13(12)16/h6-9,11H,2-5H2,1H3. The molecule has 0 radical (unpaired) electrons. The van der Waals surface area contributed by atoms with Gasteiger partial charge in [0.05, 0.1) is 10.3 Å². The van der Waals surface area contributed by atoms with Crippen molar-refractivity contribution in [3.05, 3.63) is 33.8 Å². The number of Topliss-reactive ketones (excluding diaryl/α,β-unsaturated/α-hetero) is 1. The molecule has 1 aliphatic rings. The Kier molecular flexibility index (Phi) is 4.99. The van der Waals surface area contributed by atoms with Gasteiger partial charge in [-0.05, 0) is 38.0 Å². The van der Waals surface area contributed by atoms with Crippen LogP contribution in [0.2, 0.25) is 10.0 Å². The average molecular weight is 303 g/mol. The molecule has 0 saturated heterocycles. The zero-order chi connectivity index (χ0) is 13.1. The molecule has 4 heteroatoms. The van der Waals surface area contributed by atoms with Crippen LogP contribution in [0.4, 0.5) is 0 Å². The summed E-state index contributed by atoms with van der Waals surface area (Å²) in [6.45, 7) is 1.97. The minimum absolute atomic E-state index is 0.0354. The maximum Gasteiger partial charge on any atom is 0.177 e. The van der Waals surface area contributed by atoms with Crippen LogP contribution in [-0.2, 0) is 0 Å². The molecule has 18 heavy (non-hydrogen) atoms. The van der Waals surface area contributed by atoms with E-state index in [-0.39, 0.29) is 11.0 Å². The van der Waals surface area contributed by atoms with Crippen molar-refractivity contribution in [1.29, 1.82) is 0 Å². The van der Waals surface area contributed by atoms with Crippen molar-refractivity contribution in [1.82, 2.24) is 0 Å². The van der Waals surface area contributed by atoms with Crippen LogP contribution in [0.5, 0.6) is 0 Å². The van der Waals surface area contributed by atoms with E-state index in [9.17, 15) is 4.79 Å². The highest BCUT2D eigenvalue weighted by atomic mass is 35.5. The fourth-order valence-electron chi connectivity index (χ4n) is 2.28. The van der Waals surface area contributed by atoms with E-state index in [0.717, 1.165) is 0 Å². The first-order chi connectivity index (χ1) is 8.58. The van der Waals surface area contributed by atoms with E-state index in [1.165, 1.54) is 25.7 Å². The number of carbonyl (C=O) groups is 1. The van der Waals surface area contributed by atoms with Crippen molar-refractivity contribution >= 4 is 40.7 Å². The monoisotopic (exact) mass is 302 g/mol. The SMILES string of the molecule is CC(SC1CCCC1)C(=O)c1ccc(Cl)cc1Cl. The third-order valence-corrected chi connectivity index (χ3v) is 5.29. The van der Waals surface area contributed by atoms with Gasteiger partial charge in [0.25, 0.3) is 0 Å². The number of hydrogen-bond donors (Lipinski definition) is 0. The quantitative estimate of drug-likeness (QED) is 0.707. The van der Waals surface area contributed by atoms with Crippen molar-refractivity contribution in [2.75, 3.05) is 0 Å². The molecule has 1 nitrogen and oxygen atoms in total. The molecule has 98 valence electrons. The third kappa shape index (κ3) is 3.43. The van der Waals surface area contributed by atoms with Crippen LogP contribution in [0.1, 0.15) is 43.0 Å². The molecular formula is C14H16Cl2OS. The predicted molar refractivity (Wildman–Crippen MR) is 80.1 cm³/mol. The van der Waals surface area contributed by atoms with Crippen molar-refractivity contribution < 1.29 is 4.79 Å². The van der Waals surface area contributed by atoms with Crippen LogP contribution < -0.4 is 0 Å². The lowest BCUT2D eigenvalue weighted by Crippen LogP contribution is -2.17. The first-order valence-electron chi connectivity index (χ1n) is 6.22. The lowest BCUT2D eigenvalue weighted by Gasteiger charge is -2.15. The van der Waals surface area contributed by atoms with Gasteiger partial charge in [-0.1, -0.05) is 36.0 Å². The number of rotatable bonds is 4. The maximum atomic E-state index is 12.3. The smallest absolute Gasteiger partial charge is 0.177 e. The number of halogens is 2. The van der Waals surface area contributed by atoms with Crippen LogP contribution in [-0.4, -0.2) is 16.3 Å². The van der Waals surface area contributed by atoms with Gasteiger partial charge in [-0.15, -0.1) is 11.8 Å². The zero-order valence-electron chi connectivity index (χ0n) is 10.3. The fourth-order valence-corrected chi connectivity index (χ4v) is 4.22. The van der Waals surface area contributed by atoms with Gasteiger partial charge in [0.1, 0.15) is 0 Å². The molecule has 0 spiro atoms. The Hall–Kier alpha value is -0.180. The summed E-state index contributed by atoms with van der Waals surface area (Å²) in [5.74, 6) is 0.105. The van der Waals surface area contributed by atoms with Gasteiger partial charge in [-0.2, -0.15) is 0 Å². The second-order valence-corrected chi connectivity index (χ2v) is 7.16.